The second kappa shape index (κ2) is 7.61. The predicted molar refractivity (Wildman–Crippen MR) is 90.2 cm³/mol. The van der Waals surface area contributed by atoms with Crippen LogP contribution in [0.2, 0.25) is 0 Å². The molecule has 0 spiro atoms. The van der Waals surface area contributed by atoms with Gasteiger partial charge in [-0.3, -0.25) is 9.78 Å². The summed E-state index contributed by atoms with van der Waals surface area (Å²) in [5.41, 5.74) is 0.539. The molecule has 1 aliphatic heterocycles. The molecule has 0 aliphatic carbocycles. The fourth-order valence-corrected chi connectivity index (χ4v) is 4.14. The molecule has 24 heavy (non-hydrogen) atoms. The van der Waals surface area contributed by atoms with E-state index >= 15 is 0 Å². The van der Waals surface area contributed by atoms with Crippen molar-refractivity contribution in [3.8, 4) is 0 Å². The minimum atomic E-state index is -3.07. The Bertz CT molecular complexity index is 691. The molecule has 2 rings (SSSR count). The number of anilines is 1. The largest absolute Gasteiger partial charge is 0.334 e. The van der Waals surface area contributed by atoms with Crippen LogP contribution in [0.4, 0.5) is 10.5 Å². The fourth-order valence-electron chi connectivity index (χ4n) is 2.47. The molecule has 0 aromatic carbocycles. The summed E-state index contributed by atoms with van der Waals surface area (Å²) in [6.45, 7) is 3.63. The average molecular weight is 354 g/mol. The molecule has 0 bridgehead atoms. The topological polar surface area (TPSA) is 117 Å². The van der Waals surface area contributed by atoms with Crippen LogP contribution in [0.15, 0.2) is 24.5 Å². The molecule has 0 unspecified atom stereocenters. The van der Waals surface area contributed by atoms with Crippen molar-refractivity contribution in [3.05, 3.63) is 24.5 Å². The predicted octanol–water partition coefficient (Wildman–Crippen LogP) is 0.531. The second-order valence-corrected chi connectivity index (χ2v) is 8.40. The van der Waals surface area contributed by atoms with Gasteiger partial charge in [0, 0.05) is 12.2 Å². The summed E-state index contributed by atoms with van der Waals surface area (Å²) < 4.78 is 22.8. The number of sulfone groups is 1. The van der Waals surface area contributed by atoms with Crippen molar-refractivity contribution in [1.29, 1.82) is 0 Å². The first-order chi connectivity index (χ1) is 11.3. The van der Waals surface area contributed by atoms with E-state index in [1.807, 2.05) is 13.8 Å². The number of carbonyl (C=O) groups excluding carboxylic acids is 2. The number of rotatable bonds is 5. The minimum Gasteiger partial charge on any atom is -0.334 e. The van der Waals surface area contributed by atoms with Crippen LogP contribution in [0.1, 0.15) is 20.3 Å². The van der Waals surface area contributed by atoms with Crippen LogP contribution in [0.5, 0.6) is 0 Å². The van der Waals surface area contributed by atoms with Gasteiger partial charge >= 0.3 is 6.03 Å². The molecule has 8 nitrogen and oxygen atoms in total. The summed E-state index contributed by atoms with van der Waals surface area (Å²) in [6, 6.07) is 1.69. The van der Waals surface area contributed by atoms with Crippen LogP contribution in [0, 0.1) is 5.92 Å². The first-order valence-corrected chi connectivity index (χ1v) is 9.57. The Kier molecular flexibility index (Phi) is 5.76. The number of hydrogen-bond donors (Lipinski definition) is 3. The molecule has 9 heteroatoms. The van der Waals surface area contributed by atoms with Gasteiger partial charge in [-0.15, -0.1) is 0 Å². The number of carbonyl (C=O) groups is 2. The zero-order valence-corrected chi connectivity index (χ0v) is 14.5. The van der Waals surface area contributed by atoms with Crippen molar-refractivity contribution in [2.45, 2.75) is 32.4 Å². The van der Waals surface area contributed by atoms with Crippen molar-refractivity contribution in [2.24, 2.45) is 5.92 Å². The lowest BCUT2D eigenvalue weighted by molar-refractivity contribution is -0.118. The highest BCUT2D eigenvalue weighted by molar-refractivity contribution is 7.91. The molecule has 0 radical (unpaired) electrons. The molecule has 3 N–H and O–H groups in total. The average Bonchev–Trinajstić information content (AvgIpc) is 2.84. The Hall–Kier alpha value is -2.16. The van der Waals surface area contributed by atoms with E-state index in [1.165, 1.54) is 6.20 Å². The van der Waals surface area contributed by atoms with Gasteiger partial charge in [-0.25, -0.2) is 13.2 Å². The molecule has 132 valence electrons. The number of hydrogen-bond acceptors (Lipinski definition) is 5. The standard InChI is InChI=1S/C15H22N4O4S/c1-10(2)13(14(20)17-11-4-3-6-16-8-11)19-15(21)18-12-5-7-24(22,23)9-12/h3-4,6,8,10,12-13H,5,7,9H2,1-2H3,(H,17,20)(H2,18,19,21)/t12-,13-/m0/s1. The van der Waals surface area contributed by atoms with Crippen molar-refractivity contribution in [1.82, 2.24) is 15.6 Å². The van der Waals surface area contributed by atoms with Crippen LogP contribution in [-0.4, -0.2) is 48.9 Å². The van der Waals surface area contributed by atoms with E-state index in [2.05, 4.69) is 20.9 Å². The zero-order chi connectivity index (χ0) is 17.7. The van der Waals surface area contributed by atoms with Gasteiger partial charge in [-0.1, -0.05) is 13.8 Å². The van der Waals surface area contributed by atoms with Gasteiger partial charge in [0.15, 0.2) is 9.84 Å². The first kappa shape index (κ1) is 18.2. The number of aromatic nitrogens is 1. The third-order valence-electron chi connectivity index (χ3n) is 3.73. The van der Waals surface area contributed by atoms with Gasteiger partial charge < -0.3 is 16.0 Å². The summed E-state index contributed by atoms with van der Waals surface area (Å²) in [6.07, 6.45) is 3.50. The molecule has 3 amide bonds. The van der Waals surface area contributed by atoms with Crippen molar-refractivity contribution >= 4 is 27.5 Å². The van der Waals surface area contributed by atoms with E-state index < -0.39 is 28.0 Å². The Balaban J connectivity index is 1.93. The van der Waals surface area contributed by atoms with Crippen molar-refractivity contribution < 1.29 is 18.0 Å². The van der Waals surface area contributed by atoms with E-state index in [0.29, 0.717) is 12.1 Å². The Morgan fingerprint density at radius 1 is 1.33 bits per heavy atom. The maximum absolute atomic E-state index is 12.4. The highest BCUT2D eigenvalue weighted by Gasteiger charge is 2.30. The highest BCUT2D eigenvalue weighted by Crippen LogP contribution is 2.12. The first-order valence-electron chi connectivity index (χ1n) is 7.75. The van der Waals surface area contributed by atoms with Gasteiger partial charge in [-0.05, 0) is 24.5 Å². The molecule has 1 aliphatic rings. The second-order valence-electron chi connectivity index (χ2n) is 6.17. The maximum atomic E-state index is 12.4. The molecule has 0 saturated carbocycles. The van der Waals surface area contributed by atoms with Gasteiger partial charge in [0.25, 0.3) is 0 Å². The SMILES string of the molecule is CC(C)[C@H](NC(=O)N[C@H]1CCS(=O)(=O)C1)C(=O)Nc1cccnc1. The molecule has 1 aromatic heterocycles. The van der Waals surface area contributed by atoms with Crippen LogP contribution < -0.4 is 16.0 Å². The van der Waals surface area contributed by atoms with E-state index in [9.17, 15) is 18.0 Å². The molecular weight excluding hydrogens is 332 g/mol. The summed E-state index contributed by atoms with van der Waals surface area (Å²) in [7, 11) is -3.07. The third kappa shape index (κ3) is 5.19. The smallest absolute Gasteiger partial charge is 0.315 e. The minimum absolute atomic E-state index is 0.0609. The van der Waals surface area contributed by atoms with Crippen LogP contribution in [0.25, 0.3) is 0 Å². The van der Waals surface area contributed by atoms with Crippen molar-refractivity contribution in [3.63, 3.8) is 0 Å². The Morgan fingerprint density at radius 3 is 2.62 bits per heavy atom. The Morgan fingerprint density at radius 2 is 2.08 bits per heavy atom. The normalized spacial score (nSPS) is 20.4. The van der Waals surface area contributed by atoms with E-state index in [0.717, 1.165) is 0 Å². The maximum Gasteiger partial charge on any atom is 0.315 e. The number of urea groups is 1. The van der Waals surface area contributed by atoms with Gasteiger partial charge in [0.05, 0.1) is 23.4 Å². The lowest BCUT2D eigenvalue weighted by Gasteiger charge is -2.23. The number of pyridine rings is 1. The zero-order valence-electron chi connectivity index (χ0n) is 13.7. The quantitative estimate of drug-likeness (QED) is 0.713. The van der Waals surface area contributed by atoms with Crippen molar-refractivity contribution in [2.75, 3.05) is 16.8 Å². The fraction of sp³-hybridized carbons (Fsp3) is 0.533. The lowest BCUT2D eigenvalue weighted by atomic mass is 10.0. The third-order valence-corrected chi connectivity index (χ3v) is 5.50. The molecule has 1 saturated heterocycles. The highest BCUT2D eigenvalue weighted by atomic mass is 32.2. The summed E-state index contributed by atoms with van der Waals surface area (Å²) in [5.74, 6) is -0.478. The summed E-state index contributed by atoms with van der Waals surface area (Å²) >= 11 is 0. The van der Waals surface area contributed by atoms with Crippen LogP contribution in [0.3, 0.4) is 0 Å². The molecule has 1 aromatic rings. The summed E-state index contributed by atoms with van der Waals surface area (Å²) in [5, 5.41) is 7.93. The number of nitrogens with zero attached hydrogens (tertiary/aromatic N) is 1. The molecule has 2 atom stereocenters. The molecule has 2 heterocycles. The van der Waals surface area contributed by atoms with E-state index in [4.69, 9.17) is 0 Å². The number of amides is 3. The van der Waals surface area contributed by atoms with E-state index in [1.54, 1.807) is 18.3 Å². The van der Waals surface area contributed by atoms with Gasteiger partial charge in [-0.2, -0.15) is 0 Å². The van der Waals surface area contributed by atoms with Crippen LogP contribution in [-0.2, 0) is 14.6 Å². The lowest BCUT2D eigenvalue weighted by Crippen LogP contribution is -2.52. The van der Waals surface area contributed by atoms with Gasteiger partial charge in [0.2, 0.25) is 5.91 Å². The Labute approximate surface area is 141 Å². The van der Waals surface area contributed by atoms with E-state index in [-0.39, 0.29) is 23.3 Å². The monoisotopic (exact) mass is 354 g/mol. The molecular formula is C15H22N4O4S. The van der Waals surface area contributed by atoms with Gasteiger partial charge in [0.1, 0.15) is 6.04 Å². The number of nitrogens with one attached hydrogen (secondary N) is 3. The van der Waals surface area contributed by atoms with Crippen LogP contribution >= 0.6 is 0 Å². The summed E-state index contributed by atoms with van der Waals surface area (Å²) in [4.78, 5) is 28.3. The molecule has 1 fully saturated rings.